The Morgan fingerprint density at radius 3 is 1.69 bits per heavy atom. The minimum atomic E-state index is -0.128. The van der Waals surface area contributed by atoms with Crippen molar-refractivity contribution in [2.24, 2.45) is 11.3 Å². The molecule has 0 saturated heterocycles. The highest BCUT2D eigenvalue weighted by molar-refractivity contribution is 5.79. The molecule has 0 bridgehead atoms. The Morgan fingerprint density at radius 1 is 1.08 bits per heavy atom. The number of nitrogens with one attached hydrogen (secondary N) is 1. The summed E-state index contributed by atoms with van der Waals surface area (Å²) >= 11 is 0. The second kappa shape index (κ2) is 3.69. The van der Waals surface area contributed by atoms with Gasteiger partial charge in [-0.1, -0.05) is 27.7 Å². The van der Waals surface area contributed by atoms with Gasteiger partial charge in [-0.15, -0.1) is 0 Å². The Kier molecular flexibility index (Phi) is 3.54. The van der Waals surface area contributed by atoms with Crippen LogP contribution in [-0.4, -0.2) is 11.4 Å². The van der Waals surface area contributed by atoms with Crippen LogP contribution in [0.15, 0.2) is 0 Å². The van der Waals surface area contributed by atoms with Crippen LogP contribution in [0.5, 0.6) is 0 Å². The van der Waals surface area contributed by atoms with Crippen molar-refractivity contribution in [2.75, 3.05) is 0 Å². The third-order valence-electron chi connectivity index (χ3n) is 2.19. The zero-order chi connectivity index (χ0) is 10.9. The first-order valence-corrected chi connectivity index (χ1v) is 4.86. The van der Waals surface area contributed by atoms with Crippen LogP contribution in [0.25, 0.3) is 0 Å². The van der Waals surface area contributed by atoms with Gasteiger partial charge in [0.05, 0.1) is 0 Å². The van der Waals surface area contributed by atoms with Crippen LogP contribution in [0.1, 0.15) is 48.5 Å². The molecule has 0 rings (SSSR count). The largest absolute Gasteiger partial charge is 0.351 e. The molecule has 0 aromatic heterocycles. The monoisotopic (exact) mass is 185 g/mol. The van der Waals surface area contributed by atoms with E-state index in [0.29, 0.717) is 0 Å². The highest BCUT2D eigenvalue weighted by Crippen LogP contribution is 2.25. The Morgan fingerprint density at radius 2 is 1.46 bits per heavy atom. The van der Waals surface area contributed by atoms with Crippen LogP contribution < -0.4 is 5.32 Å². The van der Waals surface area contributed by atoms with Crippen molar-refractivity contribution in [3.05, 3.63) is 0 Å². The van der Waals surface area contributed by atoms with Crippen molar-refractivity contribution >= 4 is 5.91 Å². The number of hydrogen-bond acceptors (Lipinski definition) is 1. The summed E-state index contributed by atoms with van der Waals surface area (Å²) in [5.41, 5.74) is -0.0913. The Balaban J connectivity index is 4.30. The third-order valence-corrected chi connectivity index (χ3v) is 2.19. The first-order chi connectivity index (χ1) is 5.54. The van der Waals surface area contributed by atoms with Crippen molar-refractivity contribution in [3.8, 4) is 0 Å². The molecule has 78 valence electrons. The van der Waals surface area contributed by atoms with Gasteiger partial charge in [0.2, 0.25) is 5.91 Å². The molecule has 0 heterocycles. The van der Waals surface area contributed by atoms with Crippen LogP contribution in [0.2, 0.25) is 0 Å². The Hall–Kier alpha value is -0.530. The number of carbonyl (C=O) groups excluding carboxylic acids is 1. The lowest BCUT2D eigenvalue weighted by atomic mass is 9.81. The van der Waals surface area contributed by atoms with Gasteiger partial charge in [-0.05, 0) is 26.2 Å². The topological polar surface area (TPSA) is 29.1 Å². The smallest absolute Gasteiger partial charge is 0.223 e. The molecule has 0 spiro atoms. The van der Waals surface area contributed by atoms with Gasteiger partial charge in [-0.3, -0.25) is 4.79 Å². The van der Waals surface area contributed by atoms with E-state index < -0.39 is 0 Å². The number of amides is 1. The summed E-state index contributed by atoms with van der Waals surface area (Å²) in [5, 5.41) is 2.99. The zero-order valence-corrected chi connectivity index (χ0v) is 9.99. The van der Waals surface area contributed by atoms with Gasteiger partial charge < -0.3 is 5.32 Å². The molecule has 0 saturated carbocycles. The molecule has 1 amide bonds. The van der Waals surface area contributed by atoms with E-state index in [0.717, 1.165) is 0 Å². The average molecular weight is 185 g/mol. The molecule has 0 unspecified atom stereocenters. The minimum absolute atomic E-state index is 0.0370. The van der Waals surface area contributed by atoms with Crippen molar-refractivity contribution < 1.29 is 4.79 Å². The molecule has 2 heteroatoms. The van der Waals surface area contributed by atoms with Crippen LogP contribution >= 0.6 is 0 Å². The van der Waals surface area contributed by atoms with Crippen LogP contribution in [-0.2, 0) is 4.79 Å². The van der Waals surface area contributed by atoms with E-state index in [9.17, 15) is 4.79 Å². The number of rotatable bonds is 1. The number of hydrogen-bond donors (Lipinski definition) is 1. The molecule has 1 N–H and O–H groups in total. The van der Waals surface area contributed by atoms with E-state index in [1.165, 1.54) is 0 Å². The lowest BCUT2D eigenvalue weighted by Crippen LogP contribution is -2.46. The summed E-state index contributed by atoms with van der Waals surface area (Å²) in [5.74, 6) is 0.187. The van der Waals surface area contributed by atoms with E-state index in [4.69, 9.17) is 0 Å². The van der Waals surface area contributed by atoms with Gasteiger partial charge in [0.25, 0.3) is 0 Å². The maximum absolute atomic E-state index is 11.7. The molecule has 13 heavy (non-hydrogen) atoms. The summed E-state index contributed by atoms with van der Waals surface area (Å²) in [4.78, 5) is 11.7. The van der Waals surface area contributed by atoms with Gasteiger partial charge in [-0.25, -0.2) is 0 Å². The SMILES string of the molecule is C[C@@H](C(=O)NC(C)(C)C)C(C)(C)C. The average Bonchev–Trinajstić information content (AvgIpc) is 1.79. The molecule has 0 aromatic carbocycles. The molecule has 1 atom stereocenters. The minimum Gasteiger partial charge on any atom is -0.351 e. The van der Waals surface area contributed by atoms with Gasteiger partial charge in [0.1, 0.15) is 0 Å². The standard InChI is InChI=1S/C11H23NO/c1-8(10(2,3)4)9(13)12-11(5,6)7/h8H,1-7H3,(H,12,13)/t8-/m0/s1. The summed E-state index contributed by atoms with van der Waals surface area (Å²) in [6.45, 7) is 14.2. The molecule has 0 aliphatic carbocycles. The van der Waals surface area contributed by atoms with E-state index in [1.54, 1.807) is 0 Å². The van der Waals surface area contributed by atoms with Crippen molar-refractivity contribution in [1.82, 2.24) is 5.32 Å². The first kappa shape index (κ1) is 12.5. The fraction of sp³-hybridized carbons (Fsp3) is 0.909. The van der Waals surface area contributed by atoms with E-state index in [1.807, 2.05) is 27.7 Å². The zero-order valence-electron chi connectivity index (χ0n) is 9.99. The van der Waals surface area contributed by atoms with Gasteiger partial charge in [0, 0.05) is 11.5 Å². The summed E-state index contributed by atoms with van der Waals surface area (Å²) in [6, 6.07) is 0. The predicted octanol–water partition coefficient (Wildman–Crippen LogP) is 2.58. The maximum atomic E-state index is 11.7. The normalized spacial score (nSPS) is 15.3. The van der Waals surface area contributed by atoms with Gasteiger partial charge >= 0.3 is 0 Å². The molecule has 2 nitrogen and oxygen atoms in total. The maximum Gasteiger partial charge on any atom is 0.223 e. The molecule has 0 aliphatic heterocycles. The van der Waals surface area contributed by atoms with E-state index >= 15 is 0 Å². The third kappa shape index (κ3) is 4.91. The lowest BCUT2D eigenvalue weighted by Gasteiger charge is -2.30. The van der Waals surface area contributed by atoms with Crippen LogP contribution in [0.3, 0.4) is 0 Å². The summed E-state index contributed by atoms with van der Waals surface area (Å²) < 4.78 is 0. The summed E-state index contributed by atoms with van der Waals surface area (Å²) in [7, 11) is 0. The Bertz CT molecular complexity index is 183. The number of carbonyl (C=O) groups is 1. The van der Waals surface area contributed by atoms with Crippen molar-refractivity contribution in [1.29, 1.82) is 0 Å². The summed E-state index contributed by atoms with van der Waals surface area (Å²) in [6.07, 6.45) is 0. The van der Waals surface area contributed by atoms with Gasteiger partial charge in [-0.2, -0.15) is 0 Å². The van der Waals surface area contributed by atoms with Gasteiger partial charge in [0.15, 0.2) is 0 Å². The molecular weight excluding hydrogens is 162 g/mol. The Labute approximate surface area is 82.1 Å². The highest BCUT2D eigenvalue weighted by Gasteiger charge is 2.28. The molecule has 0 radical (unpaired) electrons. The van der Waals surface area contributed by atoms with Crippen LogP contribution in [0.4, 0.5) is 0 Å². The molecule has 0 aliphatic rings. The van der Waals surface area contributed by atoms with E-state index in [2.05, 4.69) is 26.1 Å². The van der Waals surface area contributed by atoms with Crippen molar-refractivity contribution in [2.45, 2.75) is 54.0 Å². The second-order valence-corrected chi connectivity index (χ2v) is 5.83. The van der Waals surface area contributed by atoms with E-state index in [-0.39, 0.29) is 22.8 Å². The highest BCUT2D eigenvalue weighted by atomic mass is 16.2. The molecular formula is C11H23NO. The second-order valence-electron chi connectivity index (χ2n) is 5.83. The fourth-order valence-electron chi connectivity index (χ4n) is 0.871. The lowest BCUT2D eigenvalue weighted by molar-refractivity contribution is -0.128. The molecule has 0 fully saturated rings. The van der Waals surface area contributed by atoms with Crippen molar-refractivity contribution in [3.63, 3.8) is 0 Å². The molecule has 0 aromatic rings. The van der Waals surface area contributed by atoms with Crippen LogP contribution in [0, 0.1) is 11.3 Å². The predicted molar refractivity (Wildman–Crippen MR) is 56.5 cm³/mol. The quantitative estimate of drug-likeness (QED) is 0.668. The fourth-order valence-corrected chi connectivity index (χ4v) is 0.871. The first-order valence-electron chi connectivity index (χ1n) is 4.86.